The van der Waals surface area contributed by atoms with Crippen LogP contribution in [0.5, 0.6) is 0 Å². The van der Waals surface area contributed by atoms with Gasteiger partial charge in [-0.15, -0.1) is 11.6 Å². The van der Waals surface area contributed by atoms with Crippen molar-refractivity contribution >= 4 is 11.6 Å². The molecule has 1 aromatic rings. The van der Waals surface area contributed by atoms with Crippen molar-refractivity contribution in [3.63, 3.8) is 0 Å². The lowest BCUT2D eigenvalue weighted by Gasteiger charge is -2.26. The van der Waals surface area contributed by atoms with Crippen LogP contribution in [0.3, 0.4) is 0 Å². The SMILES string of the molecule is Cl[C@H]1CCO[C@H](Cc2ccccc2)C1. The van der Waals surface area contributed by atoms with E-state index >= 15 is 0 Å². The van der Waals surface area contributed by atoms with E-state index in [1.165, 1.54) is 5.56 Å². The first kappa shape index (κ1) is 10.0. The highest BCUT2D eigenvalue weighted by atomic mass is 35.5. The van der Waals surface area contributed by atoms with Gasteiger partial charge in [0.25, 0.3) is 0 Å². The van der Waals surface area contributed by atoms with E-state index in [-0.39, 0.29) is 0 Å². The van der Waals surface area contributed by atoms with E-state index < -0.39 is 0 Å². The van der Waals surface area contributed by atoms with Crippen LogP contribution in [-0.2, 0) is 11.2 Å². The van der Waals surface area contributed by atoms with Crippen molar-refractivity contribution in [2.24, 2.45) is 0 Å². The summed E-state index contributed by atoms with van der Waals surface area (Å²) in [5.41, 5.74) is 1.34. The molecule has 0 bridgehead atoms. The molecule has 1 nitrogen and oxygen atoms in total. The van der Waals surface area contributed by atoms with Crippen LogP contribution in [0.1, 0.15) is 18.4 Å². The summed E-state index contributed by atoms with van der Waals surface area (Å²) < 4.78 is 5.67. The summed E-state index contributed by atoms with van der Waals surface area (Å²) in [4.78, 5) is 0. The molecule has 0 radical (unpaired) electrons. The van der Waals surface area contributed by atoms with Gasteiger partial charge in [0, 0.05) is 12.0 Å². The average molecular weight is 211 g/mol. The number of ether oxygens (including phenoxy) is 1. The molecule has 1 fully saturated rings. The van der Waals surface area contributed by atoms with Crippen molar-refractivity contribution in [1.29, 1.82) is 0 Å². The number of hydrogen-bond donors (Lipinski definition) is 0. The third-order valence-corrected chi connectivity index (χ3v) is 3.01. The molecule has 2 atom stereocenters. The largest absolute Gasteiger partial charge is 0.378 e. The van der Waals surface area contributed by atoms with E-state index in [0.29, 0.717) is 11.5 Å². The molecular weight excluding hydrogens is 196 g/mol. The first-order chi connectivity index (χ1) is 6.84. The standard InChI is InChI=1S/C12H15ClO/c13-11-6-7-14-12(9-11)8-10-4-2-1-3-5-10/h1-5,11-12H,6-9H2/t11-,12+/m0/s1. The highest BCUT2D eigenvalue weighted by Crippen LogP contribution is 2.21. The van der Waals surface area contributed by atoms with Crippen LogP contribution in [0.25, 0.3) is 0 Å². The number of alkyl halides is 1. The summed E-state index contributed by atoms with van der Waals surface area (Å²) in [6.07, 6.45) is 3.28. The van der Waals surface area contributed by atoms with Crippen molar-refractivity contribution in [3.8, 4) is 0 Å². The quantitative estimate of drug-likeness (QED) is 0.682. The summed E-state index contributed by atoms with van der Waals surface area (Å²) in [5.74, 6) is 0. The minimum absolute atomic E-state index is 0.303. The predicted octanol–water partition coefficient (Wildman–Crippen LogP) is 3.02. The Bertz CT molecular complexity index is 273. The van der Waals surface area contributed by atoms with Gasteiger partial charge < -0.3 is 4.74 Å². The maximum atomic E-state index is 6.10. The molecule has 2 heteroatoms. The zero-order valence-electron chi connectivity index (χ0n) is 8.16. The van der Waals surface area contributed by atoms with Gasteiger partial charge in [-0.2, -0.15) is 0 Å². The fourth-order valence-corrected chi connectivity index (χ4v) is 2.14. The summed E-state index contributed by atoms with van der Waals surface area (Å²) in [6, 6.07) is 10.4. The van der Waals surface area contributed by atoms with Gasteiger partial charge in [0.15, 0.2) is 0 Å². The molecule has 2 rings (SSSR count). The number of halogens is 1. The van der Waals surface area contributed by atoms with Gasteiger partial charge in [0.1, 0.15) is 0 Å². The molecule has 1 saturated heterocycles. The van der Waals surface area contributed by atoms with Gasteiger partial charge in [-0.05, 0) is 24.8 Å². The first-order valence-corrected chi connectivity index (χ1v) is 5.58. The third-order valence-electron chi connectivity index (χ3n) is 2.61. The van der Waals surface area contributed by atoms with Crippen LogP contribution < -0.4 is 0 Å². The summed E-state index contributed by atoms with van der Waals surface area (Å²) in [7, 11) is 0. The van der Waals surface area contributed by atoms with Crippen molar-refractivity contribution in [1.82, 2.24) is 0 Å². The lowest BCUT2D eigenvalue weighted by molar-refractivity contribution is 0.0187. The second-order valence-electron chi connectivity index (χ2n) is 3.80. The van der Waals surface area contributed by atoms with Crippen molar-refractivity contribution in [2.75, 3.05) is 6.61 Å². The lowest BCUT2D eigenvalue weighted by atomic mass is 10.0. The maximum absolute atomic E-state index is 6.10. The van der Waals surface area contributed by atoms with Gasteiger partial charge in [0.2, 0.25) is 0 Å². The van der Waals surface area contributed by atoms with E-state index in [0.717, 1.165) is 25.9 Å². The van der Waals surface area contributed by atoms with Crippen molar-refractivity contribution in [3.05, 3.63) is 35.9 Å². The van der Waals surface area contributed by atoms with Crippen LogP contribution in [0.15, 0.2) is 30.3 Å². The van der Waals surface area contributed by atoms with Crippen LogP contribution in [0, 0.1) is 0 Å². The highest BCUT2D eigenvalue weighted by Gasteiger charge is 2.20. The summed E-state index contributed by atoms with van der Waals surface area (Å²) in [5, 5.41) is 0.303. The zero-order chi connectivity index (χ0) is 9.80. The molecule has 0 saturated carbocycles. The van der Waals surface area contributed by atoms with Crippen molar-refractivity contribution < 1.29 is 4.74 Å². The van der Waals surface area contributed by atoms with Gasteiger partial charge in [-0.3, -0.25) is 0 Å². The Labute approximate surface area is 90.0 Å². The monoisotopic (exact) mass is 210 g/mol. The number of hydrogen-bond acceptors (Lipinski definition) is 1. The predicted molar refractivity (Wildman–Crippen MR) is 58.8 cm³/mol. The Hall–Kier alpha value is -0.530. The van der Waals surface area contributed by atoms with Crippen molar-refractivity contribution in [2.45, 2.75) is 30.7 Å². The number of benzene rings is 1. The van der Waals surface area contributed by atoms with Gasteiger partial charge >= 0.3 is 0 Å². The van der Waals surface area contributed by atoms with Crippen LogP contribution in [0.2, 0.25) is 0 Å². The van der Waals surface area contributed by atoms with E-state index in [9.17, 15) is 0 Å². The molecule has 14 heavy (non-hydrogen) atoms. The third kappa shape index (κ3) is 2.73. The molecule has 1 aromatic carbocycles. The second-order valence-corrected chi connectivity index (χ2v) is 4.42. The van der Waals surface area contributed by atoms with E-state index in [2.05, 4.69) is 24.3 Å². The normalized spacial score (nSPS) is 27.5. The minimum atomic E-state index is 0.303. The smallest absolute Gasteiger partial charge is 0.0629 e. The molecule has 0 unspecified atom stereocenters. The Balaban J connectivity index is 1.91. The molecular formula is C12H15ClO. The van der Waals surface area contributed by atoms with Crippen LogP contribution >= 0.6 is 11.6 Å². The van der Waals surface area contributed by atoms with Crippen LogP contribution in [-0.4, -0.2) is 18.1 Å². The molecule has 0 N–H and O–H groups in total. The molecule has 0 spiro atoms. The molecule has 1 aliphatic heterocycles. The van der Waals surface area contributed by atoms with E-state index in [1.807, 2.05) is 6.07 Å². The molecule has 0 aromatic heterocycles. The number of rotatable bonds is 2. The molecule has 0 amide bonds. The molecule has 0 aliphatic carbocycles. The molecule has 76 valence electrons. The van der Waals surface area contributed by atoms with Gasteiger partial charge in [-0.25, -0.2) is 0 Å². The molecule has 1 aliphatic rings. The molecule has 1 heterocycles. The maximum Gasteiger partial charge on any atom is 0.0629 e. The van der Waals surface area contributed by atoms with Crippen LogP contribution in [0.4, 0.5) is 0 Å². The highest BCUT2D eigenvalue weighted by molar-refractivity contribution is 6.20. The fourth-order valence-electron chi connectivity index (χ4n) is 1.85. The van der Waals surface area contributed by atoms with Gasteiger partial charge in [0.05, 0.1) is 6.10 Å². The van der Waals surface area contributed by atoms with E-state index in [4.69, 9.17) is 16.3 Å². The first-order valence-electron chi connectivity index (χ1n) is 5.14. The Morgan fingerprint density at radius 1 is 1.29 bits per heavy atom. The van der Waals surface area contributed by atoms with E-state index in [1.54, 1.807) is 0 Å². The topological polar surface area (TPSA) is 9.23 Å². The van der Waals surface area contributed by atoms with Gasteiger partial charge in [-0.1, -0.05) is 30.3 Å². The average Bonchev–Trinajstić information content (AvgIpc) is 2.19. The Morgan fingerprint density at radius 2 is 2.07 bits per heavy atom. The summed E-state index contributed by atoms with van der Waals surface area (Å²) in [6.45, 7) is 0.811. The summed E-state index contributed by atoms with van der Waals surface area (Å²) >= 11 is 6.10. The lowest BCUT2D eigenvalue weighted by Crippen LogP contribution is -2.27. The second kappa shape index (κ2) is 4.81. The minimum Gasteiger partial charge on any atom is -0.378 e. The zero-order valence-corrected chi connectivity index (χ0v) is 8.91. The Morgan fingerprint density at radius 3 is 2.79 bits per heavy atom. The Kier molecular flexibility index (Phi) is 3.44. The fraction of sp³-hybridized carbons (Fsp3) is 0.500.